The Morgan fingerprint density at radius 3 is 2.69 bits per heavy atom. The van der Waals surface area contributed by atoms with Crippen LogP contribution in [0.25, 0.3) is 0 Å². The molecule has 0 saturated heterocycles. The van der Waals surface area contributed by atoms with Gasteiger partial charge in [0.05, 0.1) is 11.6 Å². The Hall–Kier alpha value is -1.96. The van der Waals surface area contributed by atoms with E-state index in [4.69, 9.17) is 21.1 Å². The summed E-state index contributed by atoms with van der Waals surface area (Å²) in [6.45, 7) is 2.90. The van der Waals surface area contributed by atoms with Crippen LogP contribution in [0.2, 0.25) is 5.02 Å². The molecule has 0 radical (unpaired) electrons. The van der Waals surface area contributed by atoms with Gasteiger partial charge in [0.1, 0.15) is 18.5 Å². The smallest absolute Gasteiger partial charge is 0.320 e. The number of thioether (sulfide) groups is 1. The van der Waals surface area contributed by atoms with Gasteiger partial charge in [0.15, 0.2) is 11.5 Å². The lowest BCUT2D eigenvalue weighted by Crippen LogP contribution is -2.36. The van der Waals surface area contributed by atoms with Crippen LogP contribution in [-0.4, -0.2) is 35.7 Å². The average Bonchev–Trinajstić information content (AvgIpc) is 2.68. The molecular weight excluding hydrogens is 417 g/mol. The summed E-state index contributed by atoms with van der Waals surface area (Å²) in [5.74, 6) is 0.601. The Labute approximate surface area is 179 Å². The lowest BCUT2D eigenvalue weighted by molar-refractivity contribution is -0.139. The van der Waals surface area contributed by atoms with Crippen LogP contribution in [-0.2, 0) is 17.9 Å². The van der Waals surface area contributed by atoms with Gasteiger partial charge in [-0.3, -0.25) is 4.79 Å². The lowest BCUT2D eigenvalue weighted by atomic mass is 10.1. The first-order valence-corrected chi connectivity index (χ1v) is 11.0. The van der Waals surface area contributed by atoms with E-state index in [1.807, 2.05) is 25.3 Å². The van der Waals surface area contributed by atoms with Crippen LogP contribution >= 0.6 is 23.4 Å². The highest BCUT2D eigenvalue weighted by Gasteiger charge is 2.16. The molecule has 0 aromatic heterocycles. The standard InChI is InChI=1S/C21H25ClFNO4S/c1-3-27-20-10-14(12-24-18(21(25)26)8-9-29-2)4-7-19(20)28-13-15-5-6-16(23)11-17(15)22/h4-7,10-11,18,24H,3,8-9,12-13H2,1-2H3,(H,25,26). The number of hydrogen-bond donors (Lipinski definition) is 2. The van der Waals surface area contributed by atoms with E-state index in [0.29, 0.717) is 41.7 Å². The van der Waals surface area contributed by atoms with E-state index >= 15 is 0 Å². The zero-order chi connectivity index (χ0) is 21.2. The minimum Gasteiger partial charge on any atom is -0.490 e. The minimum absolute atomic E-state index is 0.173. The number of ether oxygens (including phenoxy) is 2. The Morgan fingerprint density at radius 2 is 2.03 bits per heavy atom. The van der Waals surface area contributed by atoms with E-state index in [9.17, 15) is 14.3 Å². The topological polar surface area (TPSA) is 67.8 Å². The maximum Gasteiger partial charge on any atom is 0.320 e. The summed E-state index contributed by atoms with van der Waals surface area (Å²) in [5, 5.41) is 12.7. The molecule has 0 aliphatic carbocycles. The first-order valence-electron chi connectivity index (χ1n) is 9.22. The van der Waals surface area contributed by atoms with E-state index in [2.05, 4.69) is 5.32 Å². The molecule has 2 rings (SSSR count). The molecule has 158 valence electrons. The Kier molecular flexibility index (Phi) is 9.57. The second-order valence-electron chi connectivity index (χ2n) is 6.29. The molecule has 0 bridgehead atoms. The number of hydrogen-bond acceptors (Lipinski definition) is 5. The van der Waals surface area contributed by atoms with Gasteiger partial charge >= 0.3 is 5.97 Å². The Bertz CT molecular complexity index is 821. The van der Waals surface area contributed by atoms with E-state index in [0.717, 1.165) is 11.3 Å². The molecule has 29 heavy (non-hydrogen) atoms. The zero-order valence-corrected chi connectivity index (χ0v) is 18.0. The van der Waals surface area contributed by atoms with Crippen molar-refractivity contribution in [1.82, 2.24) is 5.32 Å². The van der Waals surface area contributed by atoms with Crippen molar-refractivity contribution in [3.63, 3.8) is 0 Å². The highest BCUT2D eigenvalue weighted by Crippen LogP contribution is 2.30. The molecule has 0 aliphatic heterocycles. The largest absolute Gasteiger partial charge is 0.490 e. The monoisotopic (exact) mass is 441 g/mol. The third-order valence-corrected chi connectivity index (χ3v) is 5.16. The molecule has 0 saturated carbocycles. The van der Waals surface area contributed by atoms with Crippen LogP contribution in [0, 0.1) is 5.82 Å². The number of benzene rings is 2. The summed E-state index contributed by atoms with van der Waals surface area (Å²) in [6, 6.07) is 9.01. The molecule has 1 unspecified atom stereocenters. The highest BCUT2D eigenvalue weighted by molar-refractivity contribution is 7.98. The molecule has 2 N–H and O–H groups in total. The van der Waals surface area contributed by atoms with E-state index in [1.165, 1.54) is 12.1 Å². The fourth-order valence-corrected chi connectivity index (χ4v) is 3.33. The van der Waals surface area contributed by atoms with Crippen LogP contribution in [0.5, 0.6) is 11.5 Å². The van der Waals surface area contributed by atoms with Crippen LogP contribution in [0.4, 0.5) is 4.39 Å². The predicted octanol–water partition coefficient (Wildman–Crippen LogP) is 4.75. The molecule has 0 heterocycles. The van der Waals surface area contributed by atoms with Gasteiger partial charge in [0, 0.05) is 12.1 Å². The summed E-state index contributed by atoms with van der Waals surface area (Å²) in [6.07, 6.45) is 2.50. The van der Waals surface area contributed by atoms with Crippen molar-refractivity contribution in [2.45, 2.75) is 32.5 Å². The summed E-state index contributed by atoms with van der Waals surface area (Å²) in [5.41, 5.74) is 1.55. The number of carbonyl (C=O) groups is 1. The molecule has 2 aromatic carbocycles. The molecule has 0 spiro atoms. The first-order chi connectivity index (χ1) is 13.9. The molecule has 1 atom stereocenters. The van der Waals surface area contributed by atoms with Gasteiger partial charge in [-0.1, -0.05) is 23.7 Å². The quantitative estimate of drug-likeness (QED) is 0.495. The summed E-state index contributed by atoms with van der Waals surface area (Å²) in [4.78, 5) is 11.4. The van der Waals surface area contributed by atoms with Gasteiger partial charge in [-0.15, -0.1) is 0 Å². The van der Waals surface area contributed by atoms with Gasteiger partial charge in [0.25, 0.3) is 0 Å². The fourth-order valence-electron chi connectivity index (χ4n) is 2.63. The molecule has 0 amide bonds. The number of halogens is 2. The molecule has 2 aromatic rings. The third-order valence-electron chi connectivity index (χ3n) is 4.17. The van der Waals surface area contributed by atoms with Crippen molar-refractivity contribution in [3.8, 4) is 11.5 Å². The van der Waals surface area contributed by atoms with Crippen molar-refractivity contribution in [2.24, 2.45) is 0 Å². The SMILES string of the molecule is CCOc1cc(CNC(CCSC)C(=O)O)ccc1OCc1ccc(F)cc1Cl. The number of nitrogens with one attached hydrogen (secondary N) is 1. The van der Waals surface area contributed by atoms with Gasteiger partial charge in [-0.05, 0) is 55.2 Å². The van der Waals surface area contributed by atoms with E-state index < -0.39 is 17.8 Å². The van der Waals surface area contributed by atoms with Crippen LogP contribution in [0.15, 0.2) is 36.4 Å². The van der Waals surface area contributed by atoms with Gasteiger partial charge in [0.2, 0.25) is 0 Å². The summed E-state index contributed by atoms with van der Waals surface area (Å²) in [7, 11) is 0. The predicted molar refractivity (Wildman–Crippen MR) is 115 cm³/mol. The summed E-state index contributed by atoms with van der Waals surface area (Å²) >= 11 is 7.66. The molecule has 5 nitrogen and oxygen atoms in total. The van der Waals surface area contributed by atoms with Crippen LogP contribution in [0.1, 0.15) is 24.5 Å². The number of rotatable bonds is 12. The third kappa shape index (κ3) is 7.42. The molecular formula is C21H25ClFNO4S. The van der Waals surface area contributed by atoms with Gasteiger partial charge < -0.3 is 19.9 Å². The van der Waals surface area contributed by atoms with Crippen molar-refractivity contribution in [1.29, 1.82) is 0 Å². The van der Waals surface area contributed by atoms with Crippen molar-refractivity contribution < 1.29 is 23.8 Å². The highest BCUT2D eigenvalue weighted by atomic mass is 35.5. The average molecular weight is 442 g/mol. The maximum atomic E-state index is 13.2. The number of aliphatic carboxylic acids is 1. The Balaban J connectivity index is 2.06. The lowest BCUT2D eigenvalue weighted by Gasteiger charge is -2.16. The zero-order valence-electron chi connectivity index (χ0n) is 16.4. The fraction of sp³-hybridized carbons (Fsp3) is 0.381. The number of carboxylic acid groups (broad SMARTS) is 1. The maximum absolute atomic E-state index is 13.2. The second-order valence-corrected chi connectivity index (χ2v) is 7.68. The van der Waals surface area contributed by atoms with Crippen LogP contribution < -0.4 is 14.8 Å². The number of carboxylic acids is 1. The molecule has 0 fully saturated rings. The normalized spacial score (nSPS) is 11.9. The Morgan fingerprint density at radius 1 is 1.24 bits per heavy atom. The van der Waals surface area contributed by atoms with Crippen molar-refractivity contribution >= 4 is 29.3 Å². The van der Waals surface area contributed by atoms with Crippen LogP contribution in [0.3, 0.4) is 0 Å². The minimum atomic E-state index is -0.861. The summed E-state index contributed by atoms with van der Waals surface area (Å²) < 4.78 is 24.7. The molecule has 8 heteroatoms. The van der Waals surface area contributed by atoms with Gasteiger partial charge in [-0.2, -0.15) is 11.8 Å². The van der Waals surface area contributed by atoms with Crippen molar-refractivity contribution in [2.75, 3.05) is 18.6 Å². The first kappa shape index (κ1) is 23.3. The molecule has 0 aliphatic rings. The van der Waals surface area contributed by atoms with E-state index in [1.54, 1.807) is 23.9 Å². The van der Waals surface area contributed by atoms with Gasteiger partial charge in [-0.25, -0.2) is 4.39 Å². The second kappa shape index (κ2) is 11.9. The van der Waals surface area contributed by atoms with E-state index in [-0.39, 0.29) is 6.61 Å². The van der Waals surface area contributed by atoms with Crippen molar-refractivity contribution in [3.05, 3.63) is 58.4 Å².